The first-order chi connectivity index (χ1) is 6.26. The third-order valence-corrected chi connectivity index (χ3v) is 2.18. The maximum absolute atomic E-state index is 8.94. The Morgan fingerprint density at radius 1 is 1.69 bits per heavy atom. The molecule has 0 aliphatic heterocycles. The van der Waals surface area contributed by atoms with Gasteiger partial charge in [-0.1, -0.05) is 0 Å². The van der Waals surface area contributed by atoms with Gasteiger partial charge in [0.2, 0.25) is 5.13 Å². The zero-order chi connectivity index (χ0) is 9.68. The SMILES string of the molecule is COCC(CO)Nc1nc(C)ns1. The van der Waals surface area contributed by atoms with Crippen LogP contribution >= 0.6 is 11.5 Å². The van der Waals surface area contributed by atoms with E-state index in [2.05, 4.69) is 14.7 Å². The molecule has 6 heteroatoms. The molecule has 1 atom stereocenters. The topological polar surface area (TPSA) is 67.3 Å². The highest BCUT2D eigenvalue weighted by Gasteiger charge is 2.08. The van der Waals surface area contributed by atoms with Crippen LogP contribution in [-0.2, 0) is 4.74 Å². The Hall–Kier alpha value is -0.720. The first kappa shape index (κ1) is 10.4. The minimum absolute atomic E-state index is 0.0203. The van der Waals surface area contributed by atoms with E-state index in [0.717, 1.165) is 5.82 Å². The highest BCUT2D eigenvalue weighted by atomic mass is 32.1. The fourth-order valence-corrected chi connectivity index (χ4v) is 1.52. The molecule has 2 N–H and O–H groups in total. The fraction of sp³-hybridized carbons (Fsp3) is 0.714. The predicted molar refractivity (Wildman–Crippen MR) is 51.0 cm³/mol. The molecule has 0 bridgehead atoms. The molecule has 1 aromatic heterocycles. The minimum atomic E-state index is -0.114. The second-order valence-corrected chi connectivity index (χ2v) is 3.38. The molecule has 0 aliphatic rings. The average molecular weight is 203 g/mol. The quantitative estimate of drug-likeness (QED) is 0.718. The van der Waals surface area contributed by atoms with Crippen LogP contribution in [0.15, 0.2) is 0 Å². The highest BCUT2D eigenvalue weighted by molar-refractivity contribution is 7.09. The number of nitrogens with zero attached hydrogens (tertiary/aromatic N) is 2. The van der Waals surface area contributed by atoms with E-state index in [1.807, 2.05) is 6.92 Å². The van der Waals surface area contributed by atoms with Crippen molar-refractivity contribution in [3.8, 4) is 0 Å². The smallest absolute Gasteiger partial charge is 0.202 e. The van der Waals surface area contributed by atoms with Gasteiger partial charge in [-0.15, -0.1) is 0 Å². The van der Waals surface area contributed by atoms with Gasteiger partial charge in [0.05, 0.1) is 19.3 Å². The maximum Gasteiger partial charge on any atom is 0.202 e. The summed E-state index contributed by atoms with van der Waals surface area (Å²) in [6.07, 6.45) is 0. The summed E-state index contributed by atoms with van der Waals surface area (Å²) in [5.74, 6) is 0.738. The van der Waals surface area contributed by atoms with Gasteiger partial charge in [-0.3, -0.25) is 0 Å². The van der Waals surface area contributed by atoms with Crippen molar-refractivity contribution in [3.05, 3.63) is 5.82 Å². The minimum Gasteiger partial charge on any atom is -0.394 e. The lowest BCUT2D eigenvalue weighted by atomic mass is 10.3. The van der Waals surface area contributed by atoms with Crippen LogP contribution in [0.3, 0.4) is 0 Å². The number of aryl methyl sites for hydroxylation is 1. The van der Waals surface area contributed by atoms with Crippen molar-refractivity contribution in [1.29, 1.82) is 0 Å². The number of aliphatic hydroxyl groups is 1. The number of anilines is 1. The Bertz CT molecular complexity index is 254. The Kier molecular flexibility index (Phi) is 4.07. The van der Waals surface area contributed by atoms with Gasteiger partial charge in [0, 0.05) is 18.6 Å². The van der Waals surface area contributed by atoms with Crippen molar-refractivity contribution in [1.82, 2.24) is 9.36 Å². The van der Waals surface area contributed by atoms with E-state index in [0.29, 0.717) is 11.7 Å². The van der Waals surface area contributed by atoms with Crippen molar-refractivity contribution in [2.45, 2.75) is 13.0 Å². The van der Waals surface area contributed by atoms with E-state index in [1.54, 1.807) is 7.11 Å². The van der Waals surface area contributed by atoms with Crippen LogP contribution in [0, 0.1) is 6.92 Å². The molecule has 1 unspecified atom stereocenters. The van der Waals surface area contributed by atoms with Gasteiger partial charge in [-0.05, 0) is 6.92 Å². The Morgan fingerprint density at radius 3 is 2.92 bits per heavy atom. The van der Waals surface area contributed by atoms with E-state index in [-0.39, 0.29) is 12.6 Å². The number of aliphatic hydroxyl groups excluding tert-OH is 1. The van der Waals surface area contributed by atoms with Gasteiger partial charge in [-0.25, -0.2) is 4.98 Å². The molecular weight excluding hydrogens is 190 g/mol. The second kappa shape index (κ2) is 5.11. The summed E-state index contributed by atoms with van der Waals surface area (Å²) >= 11 is 1.28. The molecule has 0 amide bonds. The van der Waals surface area contributed by atoms with Crippen LogP contribution in [0.2, 0.25) is 0 Å². The molecular formula is C7H13N3O2S. The van der Waals surface area contributed by atoms with E-state index in [9.17, 15) is 0 Å². The highest BCUT2D eigenvalue weighted by Crippen LogP contribution is 2.11. The standard InChI is InChI=1S/C7H13N3O2S/c1-5-8-7(13-10-5)9-6(3-11)4-12-2/h6,11H,3-4H2,1-2H3,(H,8,9,10). The number of ether oxygens (including phenoxy) is 1. The number of methoxy groups -OCH3 is 1. The molecule has 13 heavy (non-hydrogen) atoms. The van der Waals surface area contributed by atoms with Crippen LogP contribution in [0.1, 0.15) is 5.82 Å². The Labute approximate surface area is 80.9 Å². The van der Waals surface area contributed by atoms with Crippen molar-refractivity contribution in [2.75, 3.05) is 25.6 Å². The summed E-state index contributed by atoms with van der Waals surface area (Å²) in [7, 11) is 1.59. The molecule has 1 aromatic rings. The van der Waals surface area contributed by atoms with Gasteiger partial charge in [0.1, 0.15) is 5.82 Å². The first-order valence-electron chi connectivity index (χ1n) is 3.93. The first-order valence-corrected chi connectivity index (χ1v) is 4.70. The van der Waals surface area contributed by atoms with E-state index in [1.165, 1.54) is 11.5 Å². The van der Waals surface area contributed by atoms with Crippen molar-refractivity contribution in [3.63, 3.8) is 0 Å². The molecule has 0 spiro atoms. The molecule has 0 aliphatic carbocycles. The number of rotatable bonds is 5. The molecule has 1 heterocycles. The summed E-state index contributed by atoms with van der Waals surface area (Å²) < 4.78 is 8.92. The lowest BCUT2D eigenvalue weighted by Gasteiger charge is -2.13. The molecule has 0 aromatic carbocycles. The molecule has 0 fully saturated rings. The van der Waals surface area contributed by atoms with E-state index < -0.39 is 0 Å². The van der Waals surface area contributed by atoms with Gasteiger partial charge in [0.25, 0.3) is 0 Å². The van der Waals surface area contributed by atoms with Crippen molar-refractivity contribution < 1.29 is 9.84 Å². The fourth-order valence-electron chi connectivity index (χ4n) is 0.872. The van der Waals surface area contributed by atoms with Crippen LogP contribution in [0.4, 0.5) is 5.13 Å². The van der Waals surface area contributed by atoms with Gasteiger partial charge in [0.15, 0.2) is 0 Å². The zero-order valence-corrected chi connectivity index (χ0v) is 8.47. The summed E-state index contributed by atoms with van der Waals surface area (Å²) in [5.41, 5.74) is 0. The van der Waals surface area contributed by atoms with Crippen LogP contribution in [0.5, 0.6) is 0 Å². The third-order valence-electron chi connectivity index (χ3n) is 1.44. The third kappa shape index (κ3) is 3.25. The van der Waals surface area contributed by atoms with Gasteiger partial charge < -0.3 is 15.2 Å². The molecule has 74 valence electrons. The molecule has 0 saturated heterocycles. The van der Waals surface area contributed by atoms with E-state index in [4.69, 9.17) is 9.84 Å². The van der Waals surface area contributed by atoms with Gasteiger partial charge >= 0.3 is 0 Å². The van der Waals surface area contributed by atoms with Crippen LogP contribution < -0.4 is 5.32 Å². The Morgan fingerprint density at radius 2 is 2.46 bits per heavy atom. The summed E-state index contributed by atoms with van der Waals surface area (Å²) in [6.45, 7) is 2.30. The normalized spacial score (nSPS) is 12.8. The Balaban J connectivity index is 2.46. The lowest BCUT2D eigenvalue weighted by molar-refractivity contribution is 0.153. The molecule has 0 radical (unpaired) electrons. The number of hydrogen-bond acceptors (Lipinski definition) is 6. The summed E-state index contributed by atoms with van der Waals surface area (Å²) in [5, 5.41) is 12.7. The monoisotopic (exact) mass is 203 g/mol. The summed E-state index contributed by atoms with van der Waals surface area (Å²) in [4.78, 5) is 4.11. The van der Waals surface area contributed by atoms with Crippen LogP contribution in [0.25, 0.3) is 0 Å². The largest absolute Gasteiger partial charge is 0.394 e. The average Bonchev–Trinajstić information content (AvgIpc) is 2.50. The lowest BCUT2D eigenvalue weighted by Crippen LogP contribution is -2.28. The van der Waals surface area contributed by atoms with Gasteiger partial charge in [-0.2, -0.15) is 4.37 Å². The molecule has 1 rings (SSSR count). The van der Waals surface area contributed by atoms with E-state index >= 15 is 0 Å². The number of aromatic nitrogens is 2. The molecule has 0 saturated carbocycles. The molecule has 5 nitrogen and oxygen atoms in total. The van der Waals surface area contributed by atoms with Crippen LogP contribution in [-0.4, -0.2) is 40.8 Å². The maximum atomic E-state index is 8.94. The second-order valence-electron chi connectivity index (χ2n) is 2.63. The predicted octanol–water partition coefficient (Wildman–Crippen LogP) is 0.266. The van der Waals surface area contributed by atoms with Crippen molar-refractivity contribution in [2.24, 2.45) is 0 Å². The zero-order valence-electron chi connectivity index (χ0n) is 7.65. The number of nitrogens with one attached hydrogen (secondary N) is 1. The number of hydrogen-bond donors (Lipinski definition) is 2. The summed E-state index contributed by atoms with van der Waals surface area (Å²) in [6, 6.07) is -0.114. The van der Waals surface area contributed by atoms with Crippen molar-refractivity contribution >= 4 is 16.7 Å².